The van der Waals surface area contributed by atoms with Crippen molar-refractivity contribution >= 4 is 22.6 Å². The Labute approximate surface area is 180 Å². The zero-order chi connectivity index (χ0) is 21.8. The van der Waals surface area contributed by atoms with Gasteiger partial charge in [0.05, 0.1) is 12.8 Å². The summed E-state index contributed by atoms with van der Waals surface area (Å²) in [6.45, 7) is 1.19. The lowest BCUT2D eigenvalue weighted by molar-refractivity contribution is -0.136. The summed E-state index contributed by atoms with van der Waals surface area (Å²) in [5, 5.41) is 10.5. The number of nitrogens with zero attached hydrogens (tertiary/aromatic N) is 1. The van der Waals surface area contributed by atoms with Crippen LogP contribution >= 0.6 is 0 Å². The minimum Gasteiger partial charge on any atom is -0.490 e. The average Bonchev–Trinajstić information content (AvgIpc) is 2.75. The number of aliphatic carboxylic acids is 1. The molecule has 160 valence electrons. The molecule has 1 amide bonds. The van der Waals surface area contributed by atoms with Crippen LogP contribution in [0.25, 0.3) is 10.8 Å². The Morgan fingerprint density at radius 1 is 0.968 bits per heavy atom. The van der Waals surface area contributed by atoms with Gasteiger partial charge in [0.25, 0.3) is 0 Å². The SMILES string of the molecule is O=C(O)Cc1cc(OC2CCN(C(=O)Cc3ccccc3)CC2)c2cc(F)ccc2c1. The van der Waals surface area contributed by atoms with E-state index in [9.17, 15) is 14.0 Å². The second-order valence-corrected chi connectivity index (χ2v) is 7.89. The molecular formula is C25H24FNO4. The van der Waals surface area contributed by atoms with Crippen molar-refractivity contribution in [2.45, 2.75) is 31.8 Å². The monoisotopic (exact) mass is 421 g/mol. The maximum absolute atomic E-state index is 13.8. The first-order valence-electron chi connectivity index (χ1n) is 10.4. The summed E-state index contributed by atoms with van der Waals surface area (Å²) in [6, 6.07) is 17.5. The average molecular weight is 421 g/mol. The van der Waals surface area contributed by atoms with E-state index in [4.69, 9.17) is 9.84 Å². The van der Waals surface area contributed by atoms with Gasteiger partial charge in [-0.15, -0.1) is 0 Å². The van der Waals surface area contributed by atoms with E-state index in [0.717, 1.165) is 10.9 Å². The maximum Gasteiger partial charge on any atom is 0.307 e. The number of hydrogen-bond acceptors (Lipinski definition) is 3. The molecule has 0 spiro atoms. The molecule has 1 aliphatic rings. The normalized spacial score (nSPS) is 14.5. The molecule has 0 unspecified atom stereocenters. The second kappa shape index (κ2) is 9.16. The number of benzene rings is 3. The molecule has 31 heavy (non-hydrogen) atoms. The Morgan fingerprint density at radius 2 is 1.71 bits per heavy atom. The third kappa shape index (κ3) is 5.20. The molecule has 6 heteroatoms. The van der Waals surface area contributed by atoms with Crippen molar-refractivity contribution in [3.63, 3.8) is 0 Å². The zero-order valence-electron chi connectivity index (χ0n) is 17.1. The molecule has 1 fully saturated rings. The van der Waals surface area contributed by atoms with E-state index >= 15 is 0 Å². The van der Waals surface area contributed by atoms with Crippen LogP contribution in [0.4, 0.5) is 4.39 Å². The number of rotatable bonds is 6. The Kier molecular flexibility index (Phi) is 6.16. The standard InChI is InChI=1S/C25H24FNO4/c26-20-7-6-19-12-18(15-25(29)30)13-23(22(19)16-20)31-21-8-10-27(11-9-21)24(28)14-17-4-2-1-3-5-17/h1-7,12-13,16,21H,8-11,14-15H2,(H,29,30). The molecule has 4 rings (SSSR count). The highest BCUT2D eigenvalue weighted by Gasteiger charge is 2.24. The minimum absolute atomic E-state index is 0.0978. The number of ether oxygens (including phenoxy) is 1. The van der Waals surface area contributed by atoms with Gasteiger partial charge in [0.15, 0.2) is 0 Å². The summed E-state index contributed by atoms with van der Waals surface area (Å²) in [6.07, 6.45) is 1.47. The van der Waals surface area contributed by atoms with Gasteiger partial charge in [-0.1, -0.05) is 42.5 Å². The molecule has 0 atom stereocenters. The van der Waals surface area contributed by atoms with Crippen LogP contribution in [-0.4, -0.2) is 41.1 Å². The highest BCUT2D eigenvalue weighted by molar-refractivity contribution is 5.90. The molecule has 1 heterocycles. The molecule has 5 nitrogen and oxygen atoms in total. The number of carboxylic acid groups (broad SMARTS) is 1. The van der Waals surface area contributed by atoms with E-state index in [2.05, 4.69) is 0 Å². The molecule has 1 N–H and O–H groups in total. The highest BCUT2D eigenvalue weighted by atomic mass is 19.1. The van der Waals surface area contributed by atoms with Crippen LogP contribution in [0.1, 0.15) is 24.0 Å². The van der Waals surface area contributed by atoms with Crippen molar-refractivity contribution in [2.75, 3.05) is 13.1 Å². The smallest absolute Gasteiger partial charge is 0.307 e. The fourth-order valence-electron chi connectivity index (χ4n) is 4.01. The molecule has 0 aliphatic carbocycles. The summed E-state index contributed by atoms with van der Waals surface area (Å²) in [4.78, 5) is 25.6. The van der Waals surface area contributed by atoms with E-state index in [0.29, 0.717) is 49.1 Å². The van der Waals surface area contributed by atoms with Gasteiger partial charge in [-0.25, -0.2) is 4.39 Å². The molecular weight excluding hydrogens is 397 g/mol. The minimum atomic E-state index is -0.933. The first-order chi connectivity index (χ1) is 15.0. The lowest BCUT2D eigenvalue weighted by Gasteiger charge is -2.32. The Morgan fingerprint density at radius 3 is 2.42 bits per heavy atom. The summed E-state index contributed by atoms with van der Waals surface area (Å²) >= 11 is 0. The molecule has 0 bridgehead atoms. The van der Waals surface area contributed by atoms with Crippen LogP contribution in [0, 0.1) is 5.82 Å². The van der Waals surface area contributed by atoms with Crippen LogP contribution in [0.2, 0.25) is 0 Å². The first-order valence-corrected chi connectivity index (χ1v) is 10.4. The lowest BCUT2D eigenvalue weighted by Crippen LogP contribution is -2.42. The zero-order valence-corrected chi connectivity index (χ0v) is 17.1. The quantitative estimate of drug-likeness (QED) is 0.647. The third-order valence-electron chi connectivity index (χ3n) is 5.58. The largest absolute Gasteiger partial charge is 0.490 e. The summed E-state index contributed by atoms with van der Waals surface area (Å²) in [5.41, 5.74) is 1.60. The maximum atomic E-state index is 13.8. The molecule has 3 aromatic rings. The predicted molar refractivity (Wildman–Crippen MR) is 116 cm³/mol. The van der Waals surface area contributed by atoms with E-state index in [1.54, 1.807) is 18.2 Å². The Bertz CT molecular complexity index is 1090. The summed E-state index contributed by atoms with van der Waals surface area (Å²) in [7, 11) is 0. The number of likely N-dealkylation sites (tertiary alicyclic amines) is 1. The number of carboxylic acids is 1. The number of hydrogen-bond donors (Lipinski definition) is 1. The van der Waals surface area contributed by atoms with Crippen molar-refractivity contribution in [3.05, 3.63) is 77.6 Å². The Balaban J connectivity index is 1.44. The number of halogens is 1. The number of fused-ring (bicyclic) bond motifs is 1. The first kappa shape index (κ1) is 20.8. The third-order valence-corrected chi connectivity index (χ3v) is 5.58. The van der Waals surface area contributed by atoms with Gasteiger partial charge in [0.2, 0.25) is 5.91 Å². The van der Waals surface area contributed by atoms with Gasteiger partial charge in [0.1, 0.15) is 17.7 Å². The van der Waals surface area contributed by atoms with Gasteiger partial charge in [0, 0.05) is 31.3 Å². The van der Waals surface area contributed by atoms with Gasteiger partial charge >= 0.3 is 5.97 Å². The molecule has 0 aromatic heterocycles. The van der Waals surface area contributed by atoms with Crippen LogP contribution in [0.3, 0.4) is 0 Å². The fourth-order valence-corrected chi connectivity index (χ4v) is 4.01. The number of carbonyl (C=O) groups excluding carboxylic acids is 1. The van der Waals surface area contributed by atoms with Gasteiger partial charge in [-0.2, -0.15) is 0 Å². The number of piperidine rings is 1. The van der Waals surface area contributed by atoms with Crippen molar-refractivity contribution in [1.82, 2.24) is 4.90 Å². The van der Waals surface area contributed by atoms with Crippen molar-refractivity contribution in [3.8, 4) is 5.75 Å². The summed E-state index contributed by atoms with van der Waals surface area (Å²) < 4.78 is 20.0. The highest BCUT2D eigenvalue weighted by Crippen LogP contribution is 2.31. The molecule has 1 saturated heterocycles. The topological polar surface area (TPSA) is 66.8 Å². The van der Waals surface area contributed by atoms with Gasteiger partial charge in [-0.3, -0.25) is 9.59 Å². The van der Waals surface area contributed by atoms with E-state index in [1.807, 2.05) is 35.2 Å². The second-order valence-electron chi connectivity index (χ2n) is 7.89. The lowest BCUT2D eigenvalue weighted by atomic mass is 10.0. The molecule has 1 aliphatic heterocycles. The number of amides is 1. The molecule has 3 aromatic carbocycles. The predicted octanol–water partition coefficient (Wildman–Crippen LogP) is 4.22. The van der Waals surface area contributed by atoms with Crippen molar-refractivity contribution < 1.29 is 23.8 Å². The van der Waals surface area contributed by atoms with E-state index in [1.165, 1.54) is 12.1 Å². The van der Waals surface area contributed by atoms with Crippen LogP contribution in [0.15, 0.2) is 60.7 Å². The summed E-state index contributed by atoms with van der Waals surface area (Å²) in [5.74, 6) is -0.717. The number of carbonyl (C=O) groups is 2. The molecule has 0 radical (unpaired) electrons. The van der Waals surface area contributed by atoms with Gasteiger partial charge < -0.3 is 14.7 Å². The van der Waals surface area contributed by atoms with Crippen LogP contribution in [0.5, 0.6) is 5.75 Å². The van der Waals surface area contributed by atoms with Crippen LogP contribution in [-0.2, 0) is 22.4 Å². The fraction of sp³-hybridized carbons (Fsp3) is 0.280. The van der Waals surface area contributed by atoms with E-state index in [-0.39, 0.29) is 24.2 Å². The van der Waals surface area contributed by atoms with Crippen molar-refractivity contribution in [2.24, 2.45) is 0 Å². The molecule has 0 saturated carbocycles. The van der Waals surface area contributed by atoms with Crippen LogP contribution < -0.4 is 4.74 Å². The van der Waals surface area contributed by atoms with E-state index < -0.39 is 5.97 Å². The Hall–Kier alpha value is -3.41. The van der Waals surface area contributed by atoms with Gasteiger partial charge in [-0.05, 0) is 34.7 Å². The van der Waals surface area contributed by atoms with Crippen molar-refractivity contribution in [1.29, 1.82) is 0 Å².